The molecular formula is C13H25NO. The zero-order valence-electron chi connectivity index (χ0n) is 10.4. The Morgan fingerprint density at radius 1 is 1.53 bits per heavy atom. The molecule has 0 spiro atoms. The van der Waals surface area contributed by atoms with Crippen LogP contribution in [0.15, 0.2) is 11.6 Å². The molecule has 15 heavy (non-hydrogen) atoms. The average Bonchev–Trinajstić information content (AvgIpc) is 3.01. The van der Waals surface area contributed by atoms with Gasteiger partial charge < -0.3 is 10.1 Å². The minimum atomic E-state index is 0.422. The average molecular weight is 211 g/mol. The van der Waals surface area contributed by atoms with Crippen LogP contribution >= 0.6 is 0 Å². The summed E-state index contributed by atoms with van der Waals surface area (Å²) in [5.74, 6) is 0.698. The highest BCUT2D eigenvalue weighted by Crippen LogP contribution is 2.22. The molecule has 1 heterocycles. The third kappa shape index (κ3) is 5.33. The van der Waals surface area contributed by atoms with Crippen molar-refractivity contribution < 1.29 is 4.74 Å². The van der Waals surface area contributed by atoms with E-state index in [1.807, 2.05) is 7.05 Å². The number of epoxide rings is 1. The topological polar surface area (TPSA) is 24.6 Å². The Kier molecular flexibility index (Phi) is 5.96. The van der Waals surface area contributed by atoms with Crippen LogP contribution in [0.2, 0.25) is 0 Å². The number of ether oxygens (including phenoxy) is 1. The monoisotopic (exact) mass is 211 g/mol. The molecule has 2 unspecified atom stereocenters. The van der Waals surface area contributed by atoms with Crippen LogP contribution in [0.5, 0.6) is 0 Å². The maximum absolute atomic E-state index is 5.34. The molecule has 0 aromatic heterocycles. The number of unbranched alkanes of at least 4 members (excludes halogenated alkanes) is 2. The lowest BCUT2D eigenvalue weighted by Crippen LogP contribution is -2.15. The molecule has 1 rings (SSSR count). The molecule has 1 aliphatic heterocycles. The Hall–Kier alpha value is -0.340. The molecule has 0 amide bonds. The van der Waals surface area contributed by atoms with Gasteiger partial charge >= 0.3 is 0 Å². The molecule has 1 saturated heterocycles. The second-order valence-corrected chi connectivity index (χ2v) is 4.57. The standard InChI is InChI=1S/C13H25NO/c1-4-5-6-7-11(2)8-12(9-14-3)13-10-15-13/h8,11,13-14H,4-7,9-10H2,1-3H3. The highest BCUT2D eigenvalue weighted by molar-refractivity contribution is 5.16. The lowest BCUT2D eigenvalue weighted by atomic mass is 9.99. The molecule has 2 nitrogen and oxygen atoms in total. The van der Waals surface area contributed by atoms with Crippen molar-refractivity contribution in [3.8, 4) is 0 Å². The van der Waals surface area contributed by atoms with Crippen LogP contribution in [-0.2, 0) is 4.74 Å². The van der Waals surface area contributed by atoms with E-state index in [1.165, 1.54) is 31.3 Å². The highest BCUT2D eigenvalue weighted by Gasteiger charge is 2.26. The molecule has 2 atom stereocenters. The molecule has 2 heteroatoms. The zero-order chi connectivity index (χ0) is 11.1. The van der Waals surface area contributed by atoms with Crippen LogP contribution in [0.1, 0.15) is 39.5 Å². The van der Waals surface area contributed by atoms with Crippen molar-refractivity contribution in [3.63, 3.8) is 0 Å². The van der Waals surface area contributed by atoms with Gasteiger partial charge in [-0.15, -0.1) is 0 Å². The van der Waals surface area contributed by atoms with Gasteiger partial charge in [0.25, 0.3) is 0 Å². The van der Waals surface area contributed by atoms with Crippen molar-refractivity contribution in [1.29, 1.82) is 0 Å². The van der Waals surface area contributed by atoms with Crippen molar-refractivity contribution in [3.05, 3.63) is 11.6 Å². The van der Waals surface area contributed by atoms with Gasteiger partial charge in [0.05, 0.1) is 6.61 Å². The van der Waals surface area contributed by atoms with E-state index < -0.39 is 0 Å². The number of likely N-dealkylation sites (N-methyl/N-ethyl adjacent to an activating group) is 1. The first-order chi connectivity index (χ1) is 7.27. The van der Waals surface area contributed by atoms with Crippen LogP contribution in [0.4, 0.5) is 0 Å². The van der Waals surface area contributed by atoms with Crippen LogP contribution in [0.3, 0.4) is 0 Å². The van der Waals surface area contributed by atoms with Crippen molar-refractivity contribution in [1.82, 2.24) is 5.32 Å². The third-order valence-electron chi connectivity index (χ3n) is 2.89. The molecule has 0 radical (unpaired) electrons. The van der Waals surface area contributed by atoms with E-state index in [4.69, 9.17) is 4.74 Å². The van der Waals surface area contributed by atoms with Gasteiger partial charge in [-0.2, -0.15) is 0 Å². The van der Waals surface area contributed by atoms with Crippen molar-refractivity contribution in [2.75, 3.05) is 20.2 Å². The Morgan fingerprint density at radius 3 is 2.80 bits per heavy atom. The summed E-state index contributed by atoms with van der Waals surface area (Å²) in [6.07, 6.45) is 8.17. The fourth-order valence-corrected chi connectivity index (χ4v) is 1.91. The number of hydrogen-bond acceptors (Lipinski definition) is 2. The second-order valence-electron chi connectivity index (χ2n) is 4.57. The summed E-state index contributed by atoms with van der Waals surface area (Å²) >= 11 is 0. The predicted octanol–water partition coefficient (Wildman–Crippen LogP) is 2.75. The van der Waals surface area contributed by atoms with E-state index >= 15 is 0 Å². The van der Waals surface area contributed by atoms with Gasteiger partial charge in [-0.25, -0.2) is 0 Å². The zero-order valence-corrected chi connectivity index (χ0v) is 10.4. The van der Waals surface area contributed by atoms with Crippen molar-refractivity contribution in [2.24, 2.45) is 5.92 Å². The molecule has 0 saturated carbocycles. The van der Waals surface area contributed by atoms with E-state index in [1.54, 1.807) is 0 Å². The van der Waals surface area contributed by atoms with E-state index in [0.29, 0.717) is 12.0 Å². The second kappa shape index (κ2) is 7.02. The van der Waals surface area contributed by atoms with Gasteiger partial charge in [-0.3, -0.25) is 0 Å². The van der Waals surface area contributed by atoms with Gasteiger partial charge in [-0.05, 0) is 25.0 Å². The Morgan fingerprint density at radius 2 is 2.27 bits per heavy atom. The summed E-state index contributed by atoms with van der Waals surface area (Å²) < 4.78 is 5.34. The molecule has 88 valence electrons. The minimum Gasteiger partial charge on any atom is -0.368 e. The quantitative estimate of drug-likeness (QED) is 0.379. The maximum Gasteiger partial charge on any atom is 0.103 e. The molecule has 0 aromatic carbocycles. The maximum atomic E-state index is 5.34. The van der Waals surface area contributed by atoms with Gasteiger partial charge in [-0.1, -0.05) is 39.2 Å². The summed E-state index contributed by atoms with van der Waals surface area (Å²) in [6, 6.07) is 0. The number of hydrogen-bond donors (Lipinski definition) is 1. The first-order valence-electron chi connectivity index (χ1n) is 6.24. The van der Waals surface area contributed by atoms with Gasteiger partial charge in [0.2, 0.25) is 0 Å². The molecule has 0 aromatic rings. The van der Waals surface area contributed by atoms with E-state index in [-0.39, 0.29) is 0 Å². The van der Waals surface area contributed by atoms with E-state index in [2.05, 4.69) is 25.2 Å². The van der Waals surface area contributed by atoms with Gasteiger partial charge in [0.1, 0.15) is 6.10 Å². The predicted molar refractivity (Wildman–Crippen MR) is 65.1 cm³/mol. The first kappa shape index (κ1) is 12.7. The Labute approximate surface area is 94.1 Å². The molecule has 1 fully saturated rings. The van der Waals surface area contributed by atoms with Crippen molar-refractivity contribution >= 4 is 0 Å². The van der Waals surface area contributed by atoms with Crippen LogP contribution in [-0.4, -0.2) is 26.3 Å². The SMILES string of the molecule is CCCCCC(C)C=C(CNC)C1CO1. The van der Waals surface area contributed by atoms with Crippen LogP contribution in [0, 0.1) is 5.92 Å². The lowest BCUT2D eigenvalue weighted by Gasteiger charge is -2.09. The summed E-state index contributed by atoms with van der Waals surface area (Å²) in [5, 5.41) is 3.21. The minimum absolute atomic E-state index is 0.422. The number of rotatable bonds is 8. The summed E-state index contributed by atoms with van der Waals surface area (Å²) in [7, 11) is 2.00. The number of nitrogens with one attached hydrogen (secondary N) is 1. The highest BCUT2D eigenvalue weighted by atomic mass is 16.6. The fraction of sp³-hybridized carbons (Fsp3) is 0.846. The van der Waals surface area contributed by atoms with E-state index in [0.717, 1.165) is 13.2 Å². The Balaban J connectivity index is 2.29. The number of allylic oxidation sites excluding steroid dienone is 1. The lowest BCUT2D eigenvalue weighted by molar-refractivity contribution is 0.426. The van der Waals surface area contributed by atoms with Crippen LogP contribution < -0.4 is 5.32 Å². The molecule has 0 bridgehead atoms. The Bertz CT molecular complexity index is 197. The van der Waals surface area contributed by atoms with Gasteiger partial charge in [0, 0.05) is 6.54 Å². The van der Waals surface area contributed by atoms with Gasteiger partial charge in [0.15, 0.2) is 0 Å². The first-order valence-corrected chi connectivity index (χ1v) is 6.24. The largest absolute Gasteiger partial charge is 0.368 e. The van der Waals surface area contributed by atoms with Crippen molar-refractivity contribution in [2.45, 2.75) is 45.6 Å². The summed E-state index contributed by atoms with van der Waals surface area (Å²) in [6.45, 7) is 6.47. The fourth-order valence-electron chi connectivity index (χ4n) is 1.91. The molecule has 1 N–H and O–H groups in total. The third-order valence-corrected chi connectivity index (χ3v) is 2.89. The molecule has 0 aliphatic carbocycles. The summed E-state index contributed by atoms with van der Waals surface area (Å²) in [4.78, 5) is 0. The normalized spacial score (nSPS) is 22.9. The molecular weight excluding hydrogens is 186 g/mol. The summed E-state index contributed by atoms with van der Waals surface area (Å²) in [5.41, 5.74) is 1.45. The molecule has 1 aliphatic rings. The smallest absolute Gasteiger partial charge is 0.103 e. The van der Waals surface area contributed by atoms with Crippen LogP contribution in [0.25, 0.3) is 0 Å². The van der Waals surface area contributed by atoms with E-state index in [9.17, 15) is 0 Å².